The van der Waals surface area contributed by atoms with Crippen molar-refractivity contribution < 1.29 is 13.9 Å². The van der Waals surface area contributed by atoms with Crippen LogP contribution in [0.2, 0.25) is 5.02 Å². The molecular weight excluding hydrogens is 257 g/mol. The molecule has 5 heteroatoms. The maximum absolute atomic E-state index is 12.9. The first-order valence-corrected chi connectivity index (χ1v) is 5.90. The summed E-state index contributed by atoms with van der Waals surface area (Å²) in [6.45, 7) is 0.847. The van der Waals surface area contributed by atoms with Crippen LogP contribution in [0, 0.1) is 5.82 Å². The van der Waals surface area contributed by atoms with Crippen molar-refractivity contribution in [1.82, 2.24) is 5.32 Å². The van der Waals surface area contributed by atoms with Gasteiger partial charge >= 0.3 is 0 Å². The Morgan fingerprint density at radius 2 is 2.22 bits per heavy atom. The molecule has 2 rings (SSSR count). The van der Waals surface area contributed by atoms with Gasteiger partial charge in [0, 0.05) is 13.1 Å². The smallest absolute Gasteiger partial charge is 0.141 e. The van der Waals surface area contributed by atoms with Crippen LogP contribution in [-0.4, -0.2) is 11.7 Å². The SMILES string of the molecule is OC(CNCc1ccc(F)c(Cl)c1)c1ccco1. The van der Waals surface area contributed by atoms with Gasteiger partial charge in [-0.15, -0.1) is 0 Å². The van der Waals surface area contributed by atoms with Gasteiger partial charge in [0.1, 0.15) is 17.7 Å². The molecule has 96 valence electrons. The molecule has 1 heterocycles. The second kappa shape index (κ2) is 6.00. The predicted molar refractivity (Wildman–Crippen MR) is 66.8 cm³/mol. The number of halogens is 2. The molecule has 0 fully saturated rings. The van der Waals surface area contributed by atoms with Crippen LogP contribution in [0.4, 0.5) is 4.39 Å². The topological polar surface area (TPSA) is 45.4 Å². The van der Waals surface area contributed by atoms with Crippen LogP contribution in [0.1, 0.15) is 17.4 Å². The van der Waals surface area contributed by atoms with Gasteiger partial charge < -0.3 is 14.8 Å². The average molecular weight is 270 g/mol. The monoisotopic (exact) mass is 269 g/mol. The molecule has 1 atom stereocenters. The Labute approximate surface area is 109 Å². The van der Waals surface area contributed by atoms with E-state index in [1.807, 2.05) is 0 Å². The zero-order chi connectivity index (χ0) is 13.0. The van der Waals surface area contributed by atoms with Gasteiger partial charge in [-0.2, -0.15) is 0 Å². The van der Waals surface area contributed by atoms with Crippen molar-refractivity contribution in [1.29, 1.82) is 0 Å². The molecular formula is C13H13ClFNO2. The summed E-state index contributed by atoms with van der Waals surface area (Å²) in [6, 6.07) is 7.96. The minimum Gasteiger partial charge on any atom is -0.467 e. The zero-order valence-corrected chi connectivity index (χ0v) is 10.3. The van der Waals surface area contributed by atoms with Crippen molar-refractivity contribution in [3.05, 3.63) is 58.8 Å². The first-order chi connectivity index (χ1) is 8.66. The molecule has 1 unspecified atom stereocenters. The van der Waals surface area contributed by atoms with Crippen LogP contribution in [0.15, 0.2) is 41.0 Å². The highest BCUT2D eigenvalue weighted by atomic mass is 35.5. The highest BCUT2D eigenvalue weighted by Gasteiger charge is 2.09. The fourth-order valence-electron chi connectivity index (χ4n) is 1.58. The third-order valence-electron chi connectivity index (χ3n) is 2.52. The van der Waals surface area contributed by atoms with E-state index in [4.69, 9.17) is 16.0 Å². The molecule has 1 aromatic carbocycles. The summed E-state index contributed by atoms with van der Waals surface area (Å²) in [5.74, 6) is 0.0793. The average Bonchev–Trinajstić information content (AvgIpc) is 2.87. The van der Waals surface area contributed by atoms with E-state index < -0.39 is 11.9 Å². The van der Waals surface area contributed by atoms with Crippen molar-refractivity contribution in [2.24, 2.45) is 0 Å². The summed E-state index contributed by atoms with van der Waals surface area (Å²) in [7, 11) is 0. The quantitative estimate of drug-likeness (QED) is 0.877. The van der Waals surface area contributed by atoms with Crippen LogP contribution in [-0.2, 0) is 6.54 Å². The normalized spacial score (nSPS) is 12.6. The molecule has 0 aliphatic heterocycles. The highest BCUT2D eigenvalue weighted by Crippen LogP contribution is 2.16. The molecule has 0 saturated heterocycles. The maximum Gasteiger partial charge on any atom is 0.141 e. The van der Waals surface area contributed by atoms with E-state index in [0.717, 1.165) is 5.56 Å². The lowest BCUT2D eigenvalue weighted by Crippen LogP contribution is -2.20. The highest BCUT2D eigenvalue weighted by molar-refractivity contribution is 6.30. The van der Waals surface area contributed by atoms with E-state index in [1.165, 1.54) is 12.3 Å². The summed E-state index contributed by atoms with van der Waals surface area (Å²) < 4.78 is 18.0. The lowest BCUT2D eigenvalue weighted by atomic mass is 10.2. The standard InChI is InChI=1S/C13H13ClFNO2/c14-10-6-9(3-4-11(10)15)7-16-8-12(17)13-2-1-5-18-13/h1-6,12,16-17H,7-8H2. The Kier molecular flexibility index (Phi) is 4.36. The van der Waals surface area contributed by atoms with Crippen LogP contribution in [0.3, 0.4) is 0 Å². The minimum atomic E-state index is -0.698. The first-order valence-electron chi connectivity index (χ1n) is 5.53. The molecule has 1 aromatic heterocycles. The van der Waals surface area contributed by atoms with Crippen molar-refractivity contribution in [2.45, 2.75) is 12.6 Å². The third-order valence-corrected chi connectivity index (χ3v) is 2.81. The van der Waals surface area contributed by atoms with Gasteiger partial charge in [-0.1, -0.05) is 17.7 Å². The summed E-state index contributed by atoms with van der Waals surface area (Å²) in [5.41, 5.74) is 0.855. The van der Waals surface area contributed by atoms with Gasteiger partial charge in [0.25, 0.3) is 0 Å². The van der Waals surface area contributed by atoms with Gasteiger partial charge in [0.15, 0.2) is 0 Å². The third kappa shape index (κ3) is 3.32. The molecule has 2 N–H and O–H groups in total. The van der Waals surface area contributed by atoms with E-state index >= 15 is 0 Å². The van der Waals surface area contributed by atoms with Gasteiger partial charge in [0.2, 0.25) is 0 Å². The number of aliphatic hydroxyl groups excluding tert-OH is 1. The van der Waals surface area contributed by atoms with E-state index in [9.17, 15) is 9.50 Å². The van der Waals surface area contributed by atoms with Crippen LogP contribution in [0.5, 0.6) is 0 Å². The second-order valence-corrected chi connectivity index (χ2v) is 4.32. The number of hydrogen-bond acceptors (Lipinski definition) is 3. The summed E-state index contributed by atoms with van der Waals surface area (Å²) in [4.78, 5) is 0. The molecule has 0 amide bonds. The molecule has 3 nitrogen and oxygen atoms in total. The number of furan rings is 1. The van der Waals surface area contributed by atoms with Crippen LogP contribution >= 0.6 is 11.6 Å². The van der Waals surface area contributed by atoms with Gasteiger partial charge in [-0.25, -0.2) is 4.39 Å². The number of nitrogens with one attached hydrogen (secondary N) is 1. The van der Waals surface area contributed by atoms with Crippen molar-refractivity contribution in [3.63, 3.8) is 0 Å². The van der Waals surface area contributed by atoms with E-state index in [2.05, 4.69) is 5.32 Å². The Morgan fingerprint density at radius 3 is 2.89 bits per heavy atom. The summed E-state index contributed by atoms with van der Waals surface area (Å²) >= 11 is 5.67. The zero-order valence-electron chi connectivity index (χ0n) is 9.57. The lowest BCUT2D eigenvalue weighted by Gasteiger charge is -2.09. The van der Waals surface area contributed by atoms with Crippen LogP contribution < -0.4 is 5.32 Å². The molecule has 0 spiro atoms. The lowest BCUT2D eigenvalue weighted by molar-refractivity contribution is 0.147. The minimum absolute atomic E-state index is 0.0980. The fraction of sp³-hybridized carbons (Fsp3) is 0.231. The molecule has 0 radical (unpaired) electrons. The first kappa shape index (κ1) is 13.1. The molecule has 0 bridgehead atoms. The molecule has 2 aromatic rings. The molecule has 0 aliphatic carbocycles. The van der Waals surface area contributed by atoms with E-state index in [1.54, 1.807) is 24.3 Å². The number of aliphatic hydroxyl groups is 1. The molecule has 18 heavy (non-hydrogen) atoms. The molecule has 0 aliphatic rings. The van der Waals surface area contributed by atoms with Gasteiger partial charge in [0.05, 0.1) is 11.3 Å². The van der Waals surface area contributed by atoms with E-state index in [-0.39, 0.29) is 5.02 Å². The Bertz CT molecular complexity index is 502. The largest absolute Gasteiger partial charge is 0.467 e. The van der Waals surface area contributed by atoms with Crippen molar-refractivity contribution in [3.8, 4) is 0 Å². The maximum atomic E-state index is 12.9. The molecule has 0 saturated carbocycles. The Morgan fingerprint density at radius 1 is 1.39 bits per heavy atom. The van der Waals surface area contributed by atoms with Crippen molar-refractivity contribution >= 4 is 11.6 Å². The van der Waals surface area contributed by atoms with Crippen molar-refractivity contribution in [2.75, 3.05) is 6.54 Å². The van der Waals surface area contributed by atoms with E-state index in [0.29, 0.717) is 18.8 Å². The summed E-state index contributed by atoms with van der Waals surface area (Å²) in [5, 5.41) is 12.9. The second-order valence-electron chi connectivity index (χ2n) is 3.91. The van der Waals surface area contributed by atoms with Gasteiger partial charge in [-0.3, -0.25) is 0 Å². The number of hydrogen-bond donors (Lipinski definition) is 2. The van der Waals surface area contributed by atoms with Gasteiger partial charge in [-0.05, 0) is 29.8 Å². The number of benzene rings is 1. The Hall–Kier alpha value is -1.36. The predicted octanol–water partition coefficient (Wildman–Crippen LogP) is 2.90. The van der Waals surface area contributed by atoms with Crippen LogP contribution in [0.25, 0.3) is 0 Å². The number of rotatable bonds is 5. The summed E-state index contributed by atoms with van der Waals surface area (Å²) in [6.07, 6.45) is 0.814. The Balaban J connectivity index is 1.83. The fourth-order valence-corrected chi connectivity index (χ4v) is 1.79.